The van der Waals surface area contributed by atoms with Crippen LogP contribution in [0.25, 0.3) is 0 Å². The molecule has 0 aromatic heterocycles. The topological polar surface area (TPSA) is 44.4 Å². The Balaban J connectivity index is 2.19. The van der Waals surface area contributed by atoms with Crippen LogP contribution in [0, 0.1) is 0 Å². The third kappa shape index (κ3) is 9.05. The molecule has 1 unspecified atom stereocenters. The number of carbonyl (C=O) groups excluding carboxylic acids is 1. The first-order valence-electron chi connectivity index (χ1n) is 11.3. The number of hydrogen-bond acceptors (Lipinski definition) is 2. The first-order valence-corrected chi connectivity index (χ1v) is 12.0. The number of urea groups is 1. The highest BCUT2D eigenvalue weighted by molar-refractivity contribution is 6.42. The lowest BCUT2D eigenvalue weighted by atomic mass is 9.95. The lowest BCUT2D eigenvalue weighted by Gasteiger charge is -2.24. The summed E-state index contributed by atoms with van der Waals surface area (Å²) in [5.74, 6) is -0.233. The number of hydrogen-bond donors (Lipinski definition) is 2. The van der Waals surface area contributed by atoms with Gasteiger partial charge in [-0.25, -0.2) is 4.79 Å². The van der Waals surface area contributed by atoms with Crippen LogP contribution in [-0.4, -0.2) is 37.1 Å². The maximum atomic E-state index is 13.1. The minimum absolute atomic E-state index is 0.000818. The van der Waals surface area contributed by atoms with Crippen LogP contribution in [-0.2, 0) is 12.4 Å². The van der Waals surface area contributed by atoms with Crippen LogP contribution in [0.15, 0.2) is 36.4 Å². The fourth-order valence-corrected chi connectivity index (χ4v) is 3.96. The van der Waals surface area contributed by atoms with Gasteiger partial charge in [-0.3, -0.25) is 0 Å². The van der Waals surface area contributed by atoms with Gasteiger partial charge in [0, 0.05) is 18.2 Å². The summed E-state index contributed by atoms with van der Waals surface area (Å²) in [7, 11) is 0. The van der Waals surface area contributed by atoms with Crippen molar-refractivity contribution in [3.8, 4) is 0 Å². The Kier molecular flexibility index (Phi) is 10.7. The van der Waals surface area contributed by atoms with E-state index in [1.165, 1.54) is 0 Å². The summed E-state index contributed by atoms with van der Waals surface area (Å²) in [5, 5.41) is 5.31. The zero-order valence-corrected chi connectivity index (χ0v) is 21.2. The average molecular weight is 558 g/mol. The van der Waals surface area contributed by atoms with E-state index in [4.69, 9.17) is 23.2 Å². The summed E-state index contributed by atoms with van der Waals surface area (Å²) in [6.07, 6.45) is -8.45. The molecule has 12 heteroatoms. The van der Waals surface area contributed by atoms with Crippen molar-refractivity contribution in [3.05, 3.63) is 63.1 Å². The third-order valence-electron chi connectivity index (χ3n) is 5.55. The summed E-state index contributed by atoms with van der Waals surface area (Å²) in [6.45, 7) is 6.57. The Morgan fingerprint density at radius 1 is 0.917 bits per heavy atom. The molecule has 2 amide bonds. The van der Waals surface area contributed by atoms with Gasteiger partial charge in [-0.05, 0) is 68.4 Å². The molecule has 2 N–H and O–H groups in total. The highest BCUT2D eigenvalue weighted by Gasteiger charge is 2.37. The van der Waals surface area contributed by atoms with Crippen molar-refractivity contribution in [2.75, 3.05) is 31.5 Å². The van der Waals surface area contributed by atoms with Crippen molar-refractivity contribution in [3.63, 3.8) is 0 Å². The largest absolute Gasteiger partial charge is 0.416 e. The molecule has 2 aromatic rings. The van der Waals surface area contributed by atoms with Crippen molar-refractivity contribution in [2.24, 2.45) is 0 Å². The Morgan fingerprint density at radius 2 is 1.53 bits per heavy atom. The molecule has 36 heavy (non-hydrogen) atoms. The SMILES string of the molecule is CCCN(CC)CCC(CNC(=O)Nc1cc(C(F)(F)F)cc(C(F)(F)F)c1)c1ccc(Cl)c(Cl)c1. The van der Waals surface area contributed by atoms with E-state index in [0.717, 1.165) is 25.1 Å². The van der Waals surface area contributed by atoms with E-state index in [0.29, 0.717) is 35.1 Å². The van der Waals surface area contributed by atoms with Gasteiger partial charge in [0.15, 0.2) is 0 Å². The van der Waals surface area contributed by atoms with Gasteiger partial charge in [0.1, 0.15) is 0 Å². The first kappa shape index (κ1) is 30.1. The molecule has 200 valence electrons. The average Bonchev–Trinajstić information content (AvgIpc) is 2.78. The van der Waals surface area contributed by atoms with Crippen molar-refractivity contribution < 1.29 is 31.1 Å². The number of alkyl halides is 6. The number of amides is 2. The van der Waals surface area contributed by atoms with Crippen LogP contribution in [0.3, 0.4) is 0 Å². The molecule has 0 bridgehead atoms. The minimum atomic E-state index is -5.02. The highest BCUT2D eigenvalue weighted by Crippen LogP contribution is 2.37. The molecule has 2 aromatic carbocycles. The van der Waals surface area contributed by atoms with Gasteiger partial charge in [-0.1, -0.05) is 43.1 Å². The standard InChI is InChI=1S/C24H27Cl2F6N3O/c1-3-8-35(4-2)9-7-16(15-5-6-20(25)21(26)10-15)14-33-22(36)34-19-12-17(23(27,28)29)11-18(13-19)24(30,31)32/h5-6,10-13,16H,3-4,7-9,14H2,1-2H3,(H2,33,34,36). The summed E-state index contributed by atoms with van der Waals surface area (Å²) < 4.78 is 78.5. The summed E-state index contributed by atoms with van der Waals surface area (Å²) in [5.41, 5.74) is -2.87. The predicted octanol–water partition coefficient (Wildman–Crippen LogP) is 8.06. The van der Waals surface area contributed by atoms with E-state index < -0.39 is 35.2 Å². The summed E-state index contributed by atoms with van der Waals surface area (Å²) >= 11 is 12.1. The highest BCUT2D eigenvalue weighted by atomic mass is 35.5. The Hall–Kier alpha value is -2.17. The molecule has 0 radical (unpaired) electrons. The van der Waals surface area contributed by atoms with Crippen LogP contribution in [0.2, 0.25) is 10.0 Å². The van der Waals surface area contributed by atoms with Gasteiger partial charge in [-0.15, -0.1) is 0 Å². The molecule has 0 aliphatic rings. The van der Waals surface area contributed by atoms with E-state index in [9.17, 15) is 31.1 Å². The van der Waals surface area contributed by atoms with E-state index in [1.54, 1.807) is 18.2 Å². The zero-order valence-electron chi connectivity index (χ0n) is 19.7. The Labute approximate surface area is 215 Å². The molecular formula is C24H27Cl2F6N3O. The molecular weight excluding hydrogens is 531 g/mol. The quantitative estimate of drug-likeness (QED) is 0.290. The lowest BCUT2D eigenvalue weighted by molar-refractivity contribution is -0.143. The number of benzene rings is 2. The van der Waals surface area contributed by atoms with Crippen LogP contribution < -0.4 is 10.6 Å². The number of rotatable bonds is 10. The molecule has 0 spiro atoms. The molecule has 0 heterocycles. The van der Waals surface area contributed by atoms with Crippen LogP contribution >= 0.6 is 23.2 Å². The van der Waals surface area contributed by atoms with Crippen molar-refractivity contribution in [2.45, 2.75) is 45.0 Å². The second kappa shape index (κ2) is 12.9. The normalized spacial score (nSPS) is 13.1. The molecule has 0 aliphatic heterocycles. The molecule has 2 rings (SSSR count). The van der Waals surface area contributed by atoms with Crippen molar-refractivity contribution >= 4 is 34.9 Å². The number of carbonyl (C=O) groups is 1. The van der Waals surface area contributed by atoms with Crippen LogP contribution in [0.5, 0.6) is 0 Å². The van der Waals surface area contributed by atoms with Gasteiger partial charge < -0.3 is 15.5 Å². The van der Waals surface area contributed by atoms with Gasteiger partial charge in [0.2, 0.25) is 0 Å². The Morgan fingerprint density at radius 3 is 2.03 bits per heavy atom. The van der Waals surface area contributed by atoms with E-state index in [2.05, 4.69) is 22.5 Å². The zero-order chi connectivity index (χ0) is 27.1. The maximum absolute atomic E-state index is 13.1. The number of halogens is 8. The van der Waals surface area contributed by atoms with Gasteiger partial charge in [0.05, 0.1) is 21.2 Å². The van der Waals surface area contributed by atoms with E-state index in [-0.39, 0.29) is 18.5 Å². The third-order valence-corrected chi connectivity index (χ3v) is 6.29. The molecule has 0 saturated carbocycles. The smallest absolute Gasteiger partial charge is 0.337 e. The monoisotopic (exact) mass is 557 g/mol. The minimum Gasteiger partial charge on any atom is -0.337 e. The fraction of sp³-hybridized carbons (Fsp3) is 0.458. The lowest BCUT2D eigenvalue weighted by Crippen LogP contribution is -2.34. The number of nitrogens with zero attached hydrogens (tertiary/aromatic N) is 1. The van der Waals surface area contributed by atoms with E-state index in [1.807, 2.05) is 6.92 Å². The molecule has 0 aliphatic carbocycles. The van der Waals surface area contributed by atoms with Gasteiger partial charge in [0.25, 0.3) is 0 Å². The van der Waals surface area contributed by atoms with Crippen LogP contribution in [0.1, 0.15) is 49.3 Å². The molecule has 0 fully saturated rings. The predicted molar refractivity (Wildman–Crippen MR) is 130 cm³/mol. The van der Waals surface area contributed by atoms with Crippen molar-refractivity contribution in [1.82, 2.24) is 10.2 Å². The molecule has 0 saturated heterocycles. The Bertz CT molecular complexity index is 998. The van der Waals surface area contributed by atoms with Crippen LogP contribution in [0.4, 0.5) is 36.8 Å². The maximum Gasteiger partial charge on any atom is 0.416 e. The number of anilines is 1. The summed E-state index contributed by atoms with van der Waals surface area (Å²) in [6, 6.07) is 5.03. The second-order valence-electron chi connectivity index (χ2n) is 8.22. The first-order chi connectivity index (χ1) is 16.7. The number of nitrogens with one attached hydrogen (secondary N) is 2. The summed E-state index contributed by atoms with van der Waals surface area (Å²) in [4.78, 5) is 14.7. The second-order valence-corrected chi connectivity index (χ2v) is 9.04. The molecule has 4 nitrogen and oxygen atoms in total. The van der Waals surface area contributed by atoms with Gasteiger partial charge in [-0.2, -0.15) is 26.3 Å². The molecule has 1 atom stereocenters. The fourth-order valence-electron chi connectivity index (χ4n) is 3.65. The van der Waals surface area contributed by atoms with Gasteiger partial charge >= 0.3 is 18.4 Å². The van der Waals surface area contributed by atoms with E-state index >= 15 is 0 Å². The van der Waals surface area contributed by atoms with Crippen molar-refractivity contribution in [1.29, 1.82) is 0 Å².